The van der Waals surface area contributed by atoms with E-state index in [4.69, 9.17) is 0 Å². The Balaban J connectivity index is 1.91. The monoisotopic (exact) mass is 524 g/mol. The van der Waals surface area contributed by atoms with Crippen molar-refractivity contribution in [2.75, 3.05) is 0 Å². The van der Waals surface area contributed by atoms with Crippen LogP contribution in [-0.2, 0) is 0 Å². The molecule has 0 saturated carbocycles. The van der Waals surface area contributed by atoms with Gasteiger partial charge in [-0.15, -0.1) is 0 Å². The minimum absolute atomic E-state index is 0.211. The maximum absolute atomic E-state index is 4.66. The Morgan fingerprint density at radius 3 is 1.50 bits per heavy atom. The summed E-state index contributed by atoms with van der Waals surface area (Å²) in [6.45, 7) is 6.86. The van der Waals surface area contributed by atoms with Gasteiger partial charge in [-0.05, 0) is 0 Å². The number of rotatable bonds is 5. The number of hydrogen-bond acceptors (Lipinski definition) is 0. The zero-order valence-electron chi connectivity index (χ0n) is 19.9. The fourth-order valence-corrected chi connectivity index (χ4v) is 13.6. The van der Waals surface area contributed by atoms with Crippen molar-refractivity contribution in [3.8, 4) is 0 Å². The van der Waals surface area contributed by atoms with Gasteiger partial charge in [0, 0.05) is 0 Å². The van der Waals surface area contributed by atoms with Crippen LogP contribution in [0.3, 0.4) is 0 Å². The average molecular weight is 525 g/mol. The molecule has 0 N–H and O–H groups in total. The van der Waals surface area contributed by atoms with Crippen LogP contribution in [0.25, 0.3) is 10.8 Å². The van der Waals surface area contributed by atoms with Crippen molar-refractivity contribution in [2.45, 2.75) is 26.4 Å². The van der Waals surface area contributed by atoms with Crippen molar-refractivity contribution in [1.29, 1.82) is 0 Å². The molecule has 0 aliphatic heterocycles. The van der Waals surface area contributed by atoms with E-state index in [0.717, 1.165) is 0 Å². The van der Waals surface area contributed by atoms with E-state index in [0.29, 0.717) is 0 Å². The van der Waals surface area contributed by atoms with Gasteiger partial charge in [-0.2, -0.15) is 0 Å². The fourth-order valence-electron chi connectivity index (χ4n) is 5.54. The molecule has 1 atom stereocenters. The Labute approximate surface area is 211 Å². The first-order valence-corrected chi connectivity index (χ1v) is 16.2. The molecule has 0 heterocycles. The van der Waals surface area contributed by atoms with Gasteiger partial charge in [0.25, 0.3) is 0 Å². The van der Waals surface area contributed by atoms with Crippen molar-refractivity contribution in [3.63, 3.8) is 0 Å². The molecule has 1 unspecified atom stereocenters. The summed E-state index contributed by atoms with van der Waals surface area (Å²) < 4.78 is 0. The molecule has 0 aromatic heterocycles. The van der Waals surface area contributed by atoms with Crippen molar-refractivity contribution >= 4 is 47.5 Å². The van der Waals surface area contributed by atoms with E-state index in [-0.39, 0.29) is 5.66 Å². The van der Waals surface area contributed by atoms with Gasteiger partial charge in [-0.3, -0.25) is 0 Å². The van der Waals surface area contributed by atoms with Crippen LogP contribution in [0.2, 0.25) is 0 Å². The predicted octanol–water partition coefficient (Wildman–Crippen LogP) is 8.36. The number of halogens is 1. The van der Waals surface area contributed by atoms with Crippen molar-refractivity contribution < 1.29 is 0 Å². The first-order chi connectivity index (χ1) is 16.4. The van der Waals surface area contributed by atoms with Crippen molar-refractivity contribution in [1.82, 2.24) is 0 Å². The molecule has 5 aromatic rings. The summed E-state index contributed by atoms with van der Waals surface area (Å²) in [5, 5.41) is 3.54. The SMILES string of the molecule is Cc1ccc2cc(C)c(C(C)P(Br)(c3ccccc3)(c3ccccc3)c3ccccc3)cc2c1. The molecule has 0 nitrogen and oxygen atoms in total. The molecule has 0 spiro atoms. The van der Waals surface area contributed by atoms with Gasteiger partial charge in [0.05, 0.1) is 0 Å². The fraction of sp³-hybridized carbons (Fsp3) is 0.125. The maximum atomic E-state index is 4.66. The summed E-state index contributed by atoms with van der Waals surface area (Å²) in [6.07, 6.45) is 0. The molecule has 0 aliphatic rings. The molecular formula is C32H30BrP. The second kappa shape index (κ2) is 8.81. The van der Waals surface area contributed by atoms with Gasteiger partial charge >= 0.3 is 212 Å². The second-order valence-corrected chi connectivity index (χ2v) is 18.2. The Bertz CT molecular complexity index is 1340. The summed E-state index contributed by atoms with van der Waals surface area (Å²) in [7, 11) is 0. The van der Waals surface area contributed by atoms with E-state index < -0.39 is 5.31 Å². The molecule has 0 bridgehead atoms. The van der Waals surface area contributed by atoms with Crippen molar-refractivity contribution in [2.24, 2.45) is 0 Å². The molecule has 0 aliphatic carbocycles. The third kappa shape index (κ3) is 3.46. The van der Waals surface area contributed by atoms with Gasteiger partial charge in [0.2, 0.25) is 0 Å². The van der Waals surface area contributed by atoms with Crippen LogP contribution in [0.1, 0.15) is 29.3 Å². The van der Waals surface area contributed by atoms with Gasteiger partial charge in [0.15, 0.2) is 0 Å². The van der Waals surface area contributed by atoms with E-state index >= 15 is 0 Å². The molecule has 34 heavy (non-hydrogen) atoms. The van der Waals surface area contributed by atoms with Gasteiger partial charge in [-0.25, -0.2) is 0 Å². The third-order valence-electron chi connectivity index (χ3n) is 7.34. The summed E-state index contributed by atoms with van der Waals surface area (Å²) in [5.41, 5.74) is 4.23. The number of aryl methyl sites for hydroxylation is 2. The van der Waals surface area contributed by atoms with Gasteiger partial charge in [0.1, 0.15) is 0 Å². The van der Waals surface area contributed by atoms with Crippen LogP contribution >= 0.6 is 20.8 Å². The molecule has 0 saturated heterocycles. The Kier molecular flexibility index (Phi) is 5.96. The standard InChI is InChI=1S/C32H30BrP/c1-24-19-20-27-22-25(2)32(23-28(27)21-24)26(3)34(33,29-13-7-4-8-14-29,30-15-9-5-10-16-30)31-17-11-6-12-18-31/h4-23,26H,1-3H3. The van der Waals surface area contributed by atoms with Crippen LogP contribution < -0.4 is 15.9 Å². The Morgan fingerprint density at radius 2 is 1.03 bits per heavy atom. The summed E-state index contributed by atoms with van der Waals surface area (Å²) >= 11 is 4.66. The predicted molar refractivity (Wildman–Crippen MR) is 156 cm³/mol. The van der Waals surface area contributed by atoms with Crippen LogP contribution in [0, 0.1) is 13.8 Å². The van der Waals surface area contributed by atoms with E-state index in [1.54, 1.807) is 0 Å². The quantitative estimate of drug-likeness (QED) is 0.202. The van der Waals surface area contributed by atoms with Gasteiger partial charge < -0.3 is 0 Å². The van der Waals surface area contributed by atoms with Crippen LogP contribution in [0.5, 0.6) is 0 Å². The van der Waals surface area contributed by atoms with Gasteiger partial charge in [-0.1, -0.05) is 0 Å². The summed E-state index contributed by atoms with van der Waals surface area (Å²) in [6, 6.07) is 44.8. The van der Waals surface area contributed by atoms with E-state index in [2.05, 4.69) is 158 Å². The number of fused-ring (bicyclic) bond motifs is 1. The molecule has 0 fully saturated rings. The third-order valence-corrected chi connectivity index (χ3v) is 18.5. The first-order valence-electron chi connectivity index (χ1n) is 11.8. The molecular weight excluding hydrogens is 495 g/mol. The van der Waals surface area contributed by atoms with E-state index in [1.165, 1.54) is 43.4 Å². The van der Waals surface area contributed by atoms with Crippen molar-refractivity contribution in [3.05, 3.63) is 138 Å². The molecule has 0 amide bonds. The van der Waals surface area contributed by atoms with E-state index in [1.807, 2.05) is 0 Å². The Hall–Kier alpha value is -2.73. The zero-order chi connectivity index (χ0) is 23.8. The average Bonchev–Trinajstić information content (AvgIpc) is 2.89. The topological polar surface area (TPSA) is 0 Å². The van der Waals surface area contributed by atoms with Crippen LogP contribution in [-0.4, -0.2) is 0 Å². The van der Waals surface area contributed by atoms with Crippen LogP contribution in [0.4, 0.5) is 0 Å². The minimum atomic E-state index is -3.11. The first kappa shape index (κ1) is 23.0. The number of hydrogen-bond donors (Lipinski definition) is 0. The molecule has 5 rings (SSSR count). The molecule has 170 valence electrons. The normalized spacial score (nSPS) is 13.8. The molecule has 2 heteroatoms. The van der Waals surface area contributed by atoms with Crippen LogP contribution in [0.15, 0.2) is 121 Å². The Morgan fingerprint density at radius 1 is 0.559 bits per heavy atom. The summed E-state index contributed by atoms with van der Waals surface area (Å²) in [4.78, 5) is 0. The zero-order valence-corrected chi connectivity index (χ0v) is 22.4. The molecule has 0 radical (unpaired) electrons. The van der Waals surface area contributed by atoms with E-state index in [9.17, 15) is 0 Å². The summed E-state index contributed by atoms with van der Waals surface area (Å²) in [5.74, 6) is 0. The molecule has 5 aromatic carbocycles. The number of benzene rings is 5. The second-order valence-electron chi connectivity index (χ2n) is 9.32.